The molecule has 1 amide bonds. The highest BCUT2D eigenvalue weighted by Crippen LogP contribution is 2.30. The molecule has 5 nitrogen and oxygen atoms in total. The first kappa shape index (κ1) is 17.2. The average Bonchev–Trinajstić information content (AvgIpc) is 2.98. The van der Waals surface area contributed by atoms with Gasteiger partial charge in [-0.2, -0.15) is 17.6 Å². The SMILES string of the molecule is O=C(Nc1cnc2n1CCCC2)c1ccccc1OC(F)(F)C(F)F. The summed E-state index contributed by atoms with van der Waals surface area (Å²) in [5.74, 6) is -0.108. The summed E-state index contributed by atoms with van der Waals surface area (Å²) in [4.78, 5) is 16.6. The van der Waals surface area contributed by atoms with Crippen LogP contribution in [0.5, 0.6) is 5.75 Å². The normalized spacial score (nSPS) is 14.3. The third kappa shape index (κ3) is 3.59. The minimum Gasteiger partial charge on any atom is -0.427 e. The lowest BCUT2D eigenvalue weighted by molar-refractivity contribution is -0.253. The van der Waals surface area contributed by atoms with Crippen LogP contribution in [0.4, 0.5) is 23.4 Å². The third-order valence-electron chi connectivity index (χ3n) is 3.84. The first-order valence-electron chi connectivity index (χ1n) is 7.68. The number of alkyl halides is 4. The predicted molar refractivity (Wildman–Crippen MR) is 81.1 cm³/mol. The van der Waals surface area contributed by atoms with E-state index in [0.29, 0.717) is 12.4 Å². The number of carbonyl (C=O) groups excluding carboxylic acids is 1. The molecular formula is C16H15F4N3O2. The predicted octanol–water partition coefficient (Wildman–Crippen LogP) is 3.71. The molecule has 0 unspecified atom stereocenters. The molecule has 2 aromatic rings. The highest BCUT2D eigenvalue weighted by molar-refractivity contribution is 6.05. The molecule has 134 valence electrons. The maximum absolute atomic E-state index is 13.2. The van der Waals surface area contributed by atoms with Gasteiger partial charge in [-0.1, -0.05) is 12.1 Å². The molecular weight excluding hydrogens is 342 g/mol. The van der Waals surface area contributed by atoms with E-state index in [1.165, 1.54) is 24.4 Å². The van der Waals surface area contributed by atoms with Crippen molar-refractivity contribution in [1.82, 2.24) is 9.55 Å². The highest BCUT2D eigenvalue weighted by Gasteiger charge is 2.44. The second-order valence-corrected chi connectivity index (χ2v) is 5.58. The molecule has 25 heavy (non-hydrogen) atoms. The van der Waals surface area contributed by atoms with Crippen LogP contribution < -0.4 is 10.1 Å². The molecule has 3 rings (SSSR count). The molecule has 0 spiro atoms. The number of aromatic nitrogens is 2. The molecule has 0 atom stereocenters. The van der Waals surface area contributed by atoms with Crippen molar-refractivity contribution in [2.24, 2.45) is 0 Å². The Morgan fingerprint density at radius 2 is 2.04 bits per heavy atom. The second kappa shape index (κ2) is 6.73. The van der Waals surface area contributed by atoms with Gasteiger partial charge in [0, 0.05) is 13.0 Å². The standard InChI is InChI=1S/C16H15F4N3O2/c17-15(18)16(19,20)25-11-6-2-1-5-10(11)14(24)22-13-9-21-12-7-3-4-8-23(12)13/h1-2,5-6,9,15H,3-4,7-8H2,(H,22,24). The summed E-state index contributed by atoms with van der Waals surface area (Å²) in [7, 11) is 0. The Balaban J connectivity index is 1.82. The zero-order chi connectivity index (χ0) is 18.0. The Morgan fingerprint density at radius 1 is 1.28 bits per heavy atom. The summed E-state index contributed by atoms with van der Waals surface area (Å²) in [5, 5.41) is 2.57. The number of fused-ring (bicyclic) bond motifs is 1. The van der Waals surface area contributed by atoms with E-state index in [4.69, 9.17) is 0 Å². The van der Waals surface area contributed by atoms with E-state index >= 15 is 0 Å². The van der Waals surface area contributed by atoms with Crippen molar-refractivity contribution in [2.45, 2.75) is 38.3 Å². The van der Waals surface area contributed by atoms with Crippen LogP contribution in [0.2, 0.25) is 0 Å². The van der Waals surface area contributed by atoms with Gasteiger partial charge in [0.15, 0.2) is 0 Å². The zero-order valence-corrected chi connectivity index (χ0v) is 13.0. The molecule has 1 aliphatic rings. The number of nitrogens with one attached hydrogen (secondary N) is 1. The van der Waals surface area contributed by atoms with Gasteiger partial charge < -0.3 is 14.6 Å². The van der Waals surface area contributed by atoms with Gasteiger partial charge in [-0.15, -0.1) is 0 Å². The van der Waals surface area contributed by atoms with Crippen molar-refractivity contribution < 1.29 is 27.1 Å². The Labute approximate surface area is 140 Å². The highest BCUT2D eigenvalue weighted by atomic mass is 19.3. The maximum atomic E-state index is 13.2. The molecule has 0 fully saturated rings. The number of para-hydroxylation sites is 1. The van der Waals surface area contributed by atoms with Crippen LogP contribution in [0.3, 0.4) is 0 Å². The zero-order valence-electron chi connectivity index (χ0n) is 13.0. The number of rotatable bonds is 5. The fourth-order valence-corrected chi connectivity index (χ4v) is 2.63. The second-order valence-electron chi connectivity index (χ2n) is 5.58. The maximum Gasteiger partial charge on any atom is 0.461 e. The van der Waals surface area contributed by atoms with Crippen LogP contribution in [-0.4, -0.2) is 28.0 Å². The van der Waals surface area contributed by atoms with Crippen molar-refractivity contribution in [3.63, 3.8) is 0 Å². The van der Waals surface area contributed by atoms with Gasteiger partial charge in [0.2, 0.25) is 0 Å². The lowest BCUT2D eigenvalue weighted by Gasteiger charge is -2.19. The summed E-state index contributed by atoms with van der Waals surface area (Å²) in [6, 6.07) is 5.00. The molecule has 2 heterocycles. The van der Waals surface area contributed by atoms with Gasteiger partial charge in [-0.05, 0) is 25.0 Å². The van der Waals surface area contributed by atoms with Crippen molar-refractivity contribution in [3.05, 3.63) is 41.9 Å². The number of ether oxygens (including phenoxy) is 1. The van der Waals surface area contributed by atoms with E-state index in [0.717, 1.165) is 31.2 Å². The quantitative estimate of drug-likeness (QED) is 0.830. The number of carbonyl (C=O) groups is 1. The van der Waals surface area contributed by atoms with E-state index in [1.807, 2.05) is 4.57 Å². The fraction of sp³-hybridized carbons (Fsp3) is 0.375. The van der Waals surface area contributed by atoms with Gasteiger partial charge >= 0.3 is 12.5 Å². The van der Waals surface area contributed by atoms with Crippen LogP contribution in [0, 0.1) is 0 Å². The van der Waals surface area contributed by atoms with Gasteiger partial charge in [0.25, 0.3) is 5.91 Å². The molecule has 1 N–H and O–H groups in total. The first-order valence-corrected chi connectivity index (χ1v) is 7.68. The van der Waals surface area contributed by atoms with Crippen molar-refractivity contribution in [2.75, 3.05) is 5.32 Å². The topological polar surface area (TPSA) is 56.2 Å². The van der Waals surface area contributed by atoms with Crippen LogP contribution >= 0.6 is 0 Å². The monoisotopic (exact) mass is 357 g/mol. The van der Waals surface area contributed by atoms with Crippen molar-refractivity contribution in [3.8, 4) is 5.75 Å². The summed E-state index contributed by atoms with van der Waals surface area (Å²) < 4.78 is 56.9. The number of nitrogens with zero attached hydrogens (tertiary/aromatic N) is 2. The van der Waals surface area contributed by atoms with Crippen LogP contribution in [-0.2, 0) is 13.0 Å². The Bertz CT molecular complexity index is 776. The van der Waals surface area contributed by atoms with Gasteiger partial charge in [-0.25, -0.2) is 4.98 Å². The summed E-state index contributed by atoms with van der Waals surface area (Å²) >= 11 is 0. The number of hydrogen-bond donors (Lipinski definition) is 1. The fourth-order valence-electron chi connectivity index (χ4n) is 2.63. The molecule has 0 aliphatic carbocycles. The molecule has 1 aliphatic heterocycles. The molecule has 0 radical (unpaired) electrons. The van der Waals surface area contributed by atoms with E-state index in [1.54, 1.807) is 0 Å². The van der Waals surface area contributed by atoms with E-state index in [2.05, 4.69) is 15.0 Å². The van der Waals surface area contributed by atoms with Crippen molar-refractivity contribution >= 4 is 11.7 Å². The Morgan fingerprint density at radius 3 is 2.80 bits per heavy atom. The van der Waals surface area contributed by atoms with E-state index in [9.17, 15) is 22.4 Å². The minimum atomic E-state index is -4.69. The number of amides is 1. The number of halogens is 4. The summed E-state index contributed by atoms with van der Waals surface area (Å²) in [6.07, 6.45) is -4.49. The van der Waals surface area contributed by atoms with Crippen molar-refractivity contribution in [1.29, 1.82) is 0 Å². The number of imidazole rings is 1. The van der Waals surface area contributed by atoms with Gasteiger partial charge in [0.1, 0.15) is 17.4 Å². The van der Waals surface area contributed by atoms with Crippen LogP contribution in [0.25, 0.3) is 0 Å². The van der Waals surface area contributed by atoms with E-state index < -0.39 is 24.2 Å². The lowest BCUT2D eigenvalue weighted by atomic mass is 10.1. The molecule has 0 saturated heterocycles. The number of benzene rings is 1. The smallest absolute Gasteiger partial charge is 0.427 e. The number of aryl methyl sites for hydroxylation is 1. The van der Waals surface area contributed by atoms with Gasteiger partial charge in [-0.3, -0.25) is 4.79 Å². The molecule has 0 saturated carbocycles. The minimum absolute atomic E-state index is 0.269. The molecule has 0 bridgehead atoms. The number of hydrogen-bond acceptors (Lipinski definition) is 3. The summed E-state index contributed by atoms with van der Waals surface area (Å²) in [6.45, 7) is 0.687. The third-order valence-corrected chi connectivity index (χ3v) is 3.84. The molecule has 9 heteroatoms. The van der Waals surface area contributed by atoms with Crippen LogP contribution in [0.15, 0.2) is 30.5 Å². The number of anilines is 1. The average molecular weight is 357 g/mol. The summed E-state index contributed by atoms with van der Waals surface area (Å²) in [5.41, 5.74) is -0.269. The Kier molecular flexibility index (Phi) is 4.65. The van der Waals surface area contributed by atoms with Crippen LogP contribution in [0.1, 0.15) is 29.0 Å². The van der Waals surface area contributed by atoms with E-state index in [-0.39, 0.29) is 5.56 Å². The first-order chi connectivity index (χ1) is 11.9. The Hall–Kier alpha value is -2.58. The molecule has 1 aromatic heterocycles. The van der Waals surface area contributed by atoms with Gasteiger partial charge in [0.05, 0.1) is 11.8 Å². The lowest BCUT2D eigenvalue weighted by Crippen LogP contribution is -2.34. The molecule has 1 aromatic carbocycles. The largest absolute Gasteiger partial charge is 0.461 e.